The summed E-state index contributed by atoms with van der Waals surface area (Å²) in [5.74, 6) is -1.46. The first-order chi connectivity index (χ1) is 20.4. The van der Waals surface area contributed by atoms with Crippen LogP contribution in [0.1, 0.15) is 16.6 Å². The van der Waals surface area contributed by atoms with Crippen LogP contribution in [0.4, 0.5) is 11.4 Å². The number of ether oxygens (including phenoxy) is 1. The minimum atomic E-state index is -0.800. The van der Waals surface area contributed by atoms with Crippen LogP contribution in [-0.2, 0) is 20.9 Å². The maximum Gasteiger partial charge on any atom is 0.308 e. The smallest absolute Gasteiger partial charge is 0.308 e. The maximum absolute atomic E-state index is 13.9. The summed E-state index contributed by atoms with van der Waals surface area (Å²) in [6.07, 6.45) is 1.50. The Morgan fingerprint density at radius 1 is 0.952 bits per heavy atom. The molecule has 3 amide bonds. The first-order valence-electron chi connectivity index (χ1n) is 13.2. The molecule has 2 aliphatic rings. The molecule has 7 rings (SSSR count). The highest BCUT2D eigenvalue weighted by atomic mass is 32.2. The highest BCUT2D eigenvalue weighted by molar-refractivity contribution is 8.00. The molecule has 0 bridgehead atoms. The summed E-state index contributed by atoms with van der Waals surface area (Å²) in [5, 5.41) is 4.61. The number of nitrogens with zero attached hydrogens (tertiary/aromatic N) is 2. The van der Waals surface area contributed by atoms with Crippen molar-refractivity contribution in [2.24, 2.45) is 5.92 Å². The average molecular weight is 598 g/mol. The molecule has 3 atom stereocenters. The van der Waals surface area contributed by atoms with Gasteiger partial charge in [0.2, 0.25) is 17.7 Å². The van der Waals surface area contributed by atoms with Gasteiger partial charge in [-0.05, 0) is 59.3 Å². The summed E-state index contributed by atoms with van der Waals surface area (Å²) >= 11 is 2.13. The number of imide groups is 1. The van der Waals surface area contributed by atoms with Crippen molar-refractivity contribution in [1.29, 1.82) is 0 Å². The third kappa shape index (κ3) is 4.32. The Morgan fingerprint density at radius 3 is 2.48 bits per heavy atom. The highest BCUT2D eigenvalue weighted by Crippen LogP contribution is 2.54. The van der Waals surface area contributed by atoms with E-state index in [0.717, 1.165) is 33.9 Å². The number of nitrogens with one attached hydrogen (secondary N) is 1. The van der Waals surface area contributed by atoms with E-state index in [1.807, 2.05) is 42.5 Å². The van der Waals surface area contributed by atoms with E-state index in [0.29, 0.717) is 32.8 Å². The molecule has 2 aromatic heterocycles. The second-order valence-electron chi connectivity index (χ2n) is 10.0. The molecule has 1 saturated heterocycles. The summed E-state index contributed by atoms with van der Waals surface area (Å²) < 4.78 is 12.4. The minimum absolute atomic E-state index is 0.239. The van der Waals surface area contributed by atoms with Gasteiger partial charge in [-0.2, -0.15) is 0 Å². The summed E-state index contributed by atoms with van der Waals surface area (Å²) in [5.41, 5.74) is 1.05. The molecule has 11 heteroatoms. The van der Waals surface area contributed by atoms with Crippen molar-refractivity contribution in [3.63, 3.8) is 0 Å². The van der Waals surface area contributed by atoms with E-state index >= 15 is 0 Å². The third-order valence-electron chi connectivity index (χ3n) is 7.56. The molecule has 2 aliphatic heterocycles. The Bertz CT molecular complexity index is 1910. The lowest BCUT2D eigenvalue weighted by atomic mass is 9.87. The number of furan rings is 1. The van der Waals surface area contributed by atoms with Gasteiger partial charge in [-0.3, -0.25) is 23.7 Å². The van der Waals surface area contributed by atoms with Gasteiger partial charge in [0, 0.05) is 5.69 Å². The second kappa shape index (κ2) is 10.3. The van der Waals surface area contributed by atoms with Crippen molar-refractivity contribution < 1.29 is 23.5 Å². The van der Waals surface area contributed by atoms with Crippen molar-refractivity contribution in [3.05, 3.63) is 105 Å². The van der Waals surface area contributed by atoms with Crippen LogP contribution in [0.3, 0.4) is 0 Å². The van der Waals surface area contributed by atoms with Crippen LogP contribution in [0.25, 0.3) is 10.8 Å². The number of carbonyl (C=O) groups excluding carboxylic acids is 3. The molecular weight excluding hydrogens is 574 g/mol. The van der Waals surface area contributed by atoms with Crippen molar-refractivity contribution in [2.45, 2.75) is 22.7 Å². The molecule has 9 nitrogen and oxygen atoms in total. The quantitative estimate of drug-likeness (QED) is 0.271. The van der Waals surface area contributed by atoms with Crippen molar-refractivity contribution >= 4 is 63.0 Å². The predicted octanol–water partition coefficient (Wildman–Crippen LogP) is 5.10. The monoisotopic (exact) mass is 597 g/mol. The van der Waals surface area contributed by atoms with Crippen molar-refractivity contribution in [2.75, 3.05) is 17.3 Å². The molecular formula is C31H23N3O6S2. The number of thioether (sulfide) groups is 1. The number of hydrogen-bond donors (Lipinski definition) is 1. The summed E-state index contributed by atoms with van der Waals surface area (Å²) in [4.78, 5) is 55.5. The molecule has 0 aliphatic carbocycles. The van der Waals surface area contributed by atoms with Gasteiger partial charge in [-0.1, -0.05) is 53.4 Å². The molecule has 1 fully saturated rings. The number of thiazole rings is 1. The molecule has 3 aromatic carbocycles. The van der Waals surface area contributed by atoms with Gasteiger partial charge in [0.15, 0.2) is 0 Å². The normalized spacial score (nSPS) is 19.5. The van der Waals surface area contributed by atoms with Gasteiger partial charge in [-0.25, -0.2) is 4.90 Å². The summed E-state index contributed by atoms with van der Waals surface area (Å²) in [7, 11) is 1.54. The molecule has 210 valence electrons. The average Bonchev–Trinajstić information content (AvgIpc) is 3.70. The minimum Gasteiger partial charge on any atom is -0.497 e. The molecule has 0 spiro atoms. The van der Waals surface area contributed by atoms with Crippen LogP contribution in [-0.4, -0.2) is 34.6 Å². The number of hydrogen-bond acceptors (Lipinski definition) is 8. The Morgan fingerprint density at radius 2 is 1.74 bits per heavy atom. The first kappa shape index (κ1) is 26.3. The van der Waals surface area contributed by atoms with E-state index in [-0.39, 0.29) is 29.1 Å². The van der Waals surface area contributed by atoms with E-state index in [1.165, 1.54) is 15.7 Å². The largest absolute Gasteiger partial charge is 0.497 e. The van der Waals surface area contributed by atoms with E-state index in [4.69, 9.17) is 9.15 Å². The fourth-order valence-electron chi connectivity index (χ4n) is 5.63. The zero-order chi connectivity index (χ0) is 29.0. The number of fused-ring (bicyclic) bond motifs is 3. The summed E-state index contributed by atoms with van der Waals surface area (Å²) in [6, 6.07) is 23.6. The van der Waals surface area contributed by atoms with Gasteiger partial charge >= 0.3 is 4.87 Å². The molecule has 0 radical (unpaired) electrons. The lowest BCUT2D eigenvalue weighted by Gasteiger charge is -2.29. The van der Waals surface area contributed by atoms with Crippen LogP contribution in [0, 0.1) is 5.92 Å². The van der Waals surface area contributed by atoms with E-state index < -0.39 is 17.1 Å². The van der Waals surface area contributed by atoms with E-state index in [2.05, 4.69) is 5.32 Å². The number of amides is 3. The zero-order valence-electron chi connectivity index (χ0n) is 22.2. The lowest BCUT2D eigenvalue weighted by molar-refractivity contribution is -0.122. The first-order valence-corrected chi connectivity index (χ1v) is 14.9. The van der Waals surface area contributed by atoms with E-state index in [9.17, 15) is 19.2 Å². The molecule has 3 unspecified atom stereocenters. The highest BCUT2D eigenvalue weighted by Gasteiger charge is 2.57. The Balaban J connectivity index is 1.23. The Labute approximate surface area is 247 Å². The molecule has 0 saturated carbocycles. The molecule has 42 heavy (non-hydrogen) atoms. The third-order valence-corrected chi connectivity index (χ3v) is 10.2. The predicted molar refractivity (Wildman–Crippen MR) is 160 cm³/mol. The van der Waals surface area contributed by atoms with Gasteiger partial charge in [0.05, 0.1) is 40.8 Å². The maximum atomic E-state index is 13.9. The number of anilines is 2. The van der Waals surface area contributed by atoms with Gasteiger partial charge in [0.25, 0.3) is 0 Å². The number of benzene rings is 3. The number of methoxy groups -OCH3 is 1. The Kier molecular flexibility index (Phi) is 6.47. The van der Waals surface area contributed by atoms with Crippen molar-refractivity contribution in [3.8, 4) is 5.75 Å². The summed E-state index contributed by atoms with van der Waals surface area (Å²) in [6.45, 7) is -0.239. The lowest BCUT2D eigenvalue weighted by Crippen LogP contribution is -2.32. The number of rotatable bonds is 6. The number of carbonyl (C=O) groups is 3. The van der Waals surface area contributed by atoms with E-state index in [1.54, 1.807) is 43.5 Å². The molecule has 5 aromatic rings. The Hall–Kier alpha value is -4.61. The zero-order valence-corrected chi connectivity index (χ0v) is 23.8. The van der Waals surface area contributed by atoms with Crippen LogP contribution < -0.4 is 19.8 Å². The standard InChI is InChI=1S/C31H23N3O6S2/c1-39-21-12-10-20(11-13-21)34-28(36)25-24(22-7-4-14-40-22)27-30(41-26(25)29(34)37)33(31(38)42-27)16-23(35)32-19-9-8-17-5-2-3-6-18(17)15-19/h2-15,24-26H,16H2,1H3,(H,32,35). The van der Waals surface area contributed by atoms with Crippen LogP contribution in [0.2, 0.25) is 0 Å². The molecule has 1 N–H and O–H groups in total. The fourth-order valence-corrected chi connectivity index (χ4v) is 8.38. The number of aromatic nitrogens is 1. The SMILES string of the molecule is COc1ccc(N2C(=O)C3Sc4c(sc(=O)n4CC(=O)Nc4ccc5ccccc5c4)C(c4ccco4)C3C2=O)cc1. The van der Waals surface area contributed by atoms with Gasteiger partial charge in [0.1, 0.15) is 23.3 Å². The second-order valence-corrected chi connectivity index (χ2v) is 12.1. The fraction of sp³-hybridized carbons (Fsp3) is 0.161. The van der Waals surface area contributed by atoms with Crippen LogP contribution in [0.5, 0.6) is 5.75 Å². The van der Waals surface area contributed by atoms with Crippen molar-refractivity contribution in [1.82, 2.24) is 4.57 Å². The topological polar surface area (TPSA) is 111 Å². The van der Waals surface area contributed by atoms with Gasteiger partial charge < -0.3 is 14.5 Å². The van der Waals surface area contributed by atoms with Gasteiger partial charge in [-0.15, -0.1) is 0 Å². The van der Waals surface area contributed by atoms with Crippen LogP contribution in [0.15, 0.2) is 99.4 Å². The molecule has 4 heterocycles. The van der Waals surface area contributed by atoms with Crippen LogP contribution >= 0.6 is 23.1 Å².